The van der Waals surface area contributed by atoms with Gasteiger partial charge in [0, 0.05) is 64.0 Å². The van der Waals surface area contributed by atoms with E-state index in [0.29, 0.717) is 55.3 Å². The van der Waals surface area contributed by atoms with Crippen LogP contribution in [0.1, 0.15) is 64.4 Å². The number of nitrogens with zero attached hydrogens (tertiary/aromatic N) is 2. The van der Waals surface area contributed by atoms with Gasteiger partial charge < -0.3 is 20.2 Å². The summed E-state index contributed by atoms with van der Waals surface area (Å²) in [5.41, 5.74) is -1.34. The second kappa shape index (κ2) is 14.0. The third kappa shape index (κ3) is 7.76. The average Bonchev–Trinajstić information content (AvgIpc) is 2.90. The zero-order valence-electron chi connectivity index (χ0n) is 23.3. The Kier molecular flexibility index (Phi) is 11.1. The summed E-state index contributed by atoms with van der Waals surface area (Å²) < 4.78 is 35.8. The molecule has 2 heterocycles. The third-order valence-corrected chi connectivity index (χ3v) is 7.66. The highest BCUT2D eigenvalue weighted by molar-refractivity contribution is 6.04. The molecule has 0 radical (unpaired) electrons. The molecule has 1 aromatic rings. The normalized spacial score (nSPS) is 23.2. The van der Waals surface area contributed by atoms with Crippen LogP contribution in [0.5, 0.6) is 5.75 Å². The van der Waals surface area contributed by atoms with Crippen molar-refractivity contribution in [2.24, 2.45) is 11.1 Å². The second-order valence-corrected chi connectivity index (χ2v) is 10.5. The van der Waals surface area contributed by atoms with Gasteiger partial charge in [0.2, 0.25) is 0 Å². The minimum absolute atomic E-state index is 0.181. The fourth-order valence-electron chi connectivity index (χ4n) is 5.43. The molecule has 0 saturated carbocycles. The van der Waals surface area contributed by atoms with Gasteiger partial charge in [0.15, 0.2) is 5.67 Å². The van der Waals surface area contributed by atoms with Gasteiger partial charge in [-0.2, -0.15) is 0 Å². The number of halogens is 2. The van der Waals surface area contributed by atoms with Gasteiger partial charge in [0.1, 0.15) is 24.3 Å². The highest BCUT2D eigenvalue weighted by atomic mass is 19.1. The molecule has 9 heteroatoms. The number of amides is 1. The molecule has 3 rings (SSSR count). The number of nitrogens with one attached hydrogen (secondary N) is 2. The maximum Gasteiger partial charge on any atom is 0.257 e. The van der Waals surface area contributed by atoms with E-state index in [-0.39, 0.29) is 25.2 Å². The summed E-state index contributed by atoms with van der Waals surface area (Å²) >= 11 is 0. The molecule has 0 spiro atoms. The number of hydrogen-bond acceptors (Lipinski definition) is 6. The Morgan fingerprint density at radius 3 is 2.71 bits per heavy atom. The Hall–Kier alpha value is -2.52. The first-order chi connectivity index (χ1) is 18.3. The van der Waals surface area contributed by atoms with Crippen LogP contribution in [0.15, 0.2) is 35.5 Å². The zero-order valence-corrected chi connectivity index (χ0v) is 23.3. The molecule has 7 nitrogen and oxygen atoms in total. The van der Waals surface area contributed by atoms with Crippen molar-refractivity contribution >= 4 is 11.6 Å². The molecule has 0 aromatic heterocycles. The van der Waals surface area contributed by atoms with E-state index < -0.39 is 17.2 Å². The van der Waals surface area contributed by atoms with E-state index in [2.05, 4.69) is 46.7 Å². The maximum absolute atomic E-state index is 15.6. The Morgan fingerprint density at radius 1 is 1.29 bits per heavy atom. The Labute approximate surface area is 226 Å². The monoisotopic (exact) mass is 534 g/mol. The van der Waals surface area contributed by atoms with E-state index >= 15 is 4.39 Å². The molecule has 1 fully saturated rings. The largest absolute Gasteiger partial charge is 0.486 e. The molecule has 38 heavy (non-hydrogen) atoms. The molecule has 1 amide bonds. The highest BCUT2D eigenvalue weighted by Gasteiger charge is 2.43. The molecule has 2 unspecified atom stereocenters. The highest BCUT2D eigenvalue weighted by Crippen LogP contribution is 2.39. The van der Waals surface area contributed by atoms with Gasteiger partial charge in [0.25, 0.3) is 5.91 Å². The lowest BCUT2D eigenvalue weighted by Gasteiger charge is -2.39. The van der Waals surface area contributed by atoms with Crippen molar-refractivity contribution in [2.75, 3.05) is 46.9 Å². The number of likely N-dealkylation sites (tertiary alicyclic amines) is 1. The molecule has 1 saturated heterocycles. The predicted molar refractivity (Wildman–Crippen MR) is 147 cm³/mol. The van der Waals surface area contributed by atoms with Gasteiger partial charge in [-0.15, -0.1) is 0 Å². The van der Waals surface area contributed by atoms with E-state index in [1.54, 1.807) is 6.07 Å². The van der Waals surface area contributed by atoms with Crippen molar-refractivity contribution in [2.45, 2.75) is 70.1 Å². The van der Waals surface area contributed by atoms with Crippen LogP contribution in [0.25, 0.3) is 0 Å². The van der Waals surface area contributed by atoms with Gasteiger partial charge in [-0.1, -0.05) is 37.6 Å². The van der Waals surface area contributed by atoms with Crippen molar-refractivity contribution in [3.05, 3.63) is 41.7 Å². The fourth-order valence-corrected chi connectivity index (χ4v) is 5.43. The maximum atomic E-state index is 15.6. The van der Waals surface area contributed by atoms with Gasteiger partial charge in [-0.3, -0.25) is 9.69 Å². The van der Waals surface area contributed by atoms with Crippen molar-refractivity contribution in [3.63, 3.8) is 0 Å². The Bertz CT molecular complexity index is 979. The summed E-state index contributed by atoms with van der Waals surface area (Å²) in [7, 11) is 3.41. The lowest BCUT2D eigenvalue weighted by atomic mass is 9.83. The van der Waals surface area contributed by atoms with Crippen LogP contribution in [-0.2, 0) is 9.63 Å². The number of oxime groups is 1. The number of carbonyl (C=O) groups excluding carboxylic acids is 1. The van der Waals surface area contributed by atoms with Crippen LogP contribution in [0, 0.1) is 11.7 Å². The first kappa shape index (κ1) is 30.0. The number of benzene rings is 1. The molecule has 2 aliphatic heterocycles. The number of rotatable bonds is 13. The second-order valence-electron chi connectivity index (χ2n) is 10.5. The smallest absolute Gasteiger partial charge is 0.257 e. The summed E-state index contributed by atoms with van der Waals surface area (Å²) in [6.07, 6.45) is 8.25. The van der Waals surface area contributed by atoms with Gasteiger partial charge in [-0.25, -0.2) is 8.78 Å². The van der Waals surface area contributed by atoms with E-state index in [9.17, 15) is 9.18 Å². The van der Waals surface area contributed by atoms with Crippen molar-refractivity contribution in [3.8, 4) is 5.75 Å². The van der Waals surface area contributed by atoms with Crippen LogP contribution < -0.4 is 15.4 Å². The van der Waals surface area contributed by atoms with E-state index in [1.165, 1.54) is 19.2 Å². The summed E-state index contributed by atoms with van der Waals surface area (Å²) in [5, 5.41) is 10.2. The van der Waals surface area contributed by atoms with Crippen LogP contribution >= 0.6 is 0 Å². The van der Waals surface area contributed by atoms with Crippen molar-refractivity contribution < 1.29 is 23.1 Å². The van der Waals surface area contributed by atoms with Crippen LogP contribution in [0.2, 0.25) is 0 Å². The molecule has 1 aromatic carbocycles. The Morgan fingerprint density at radius 2 is 2.05 bits per heavy atom. The first-order valence-electron chi connectivity index (χ1n) is 13.9. The number of alkyl halides is 1. The molecule has 0 aliphatic carbocycles. The fraction of sp³-hybridized carbons (Fsp3) is 0.655. The molecule has 2 aliphatic rings. The number of hydrogen-bond donors (Lipinski definition) is 2. The standard InChI is InChI=1S/C29H44F2N4O3/c1-5-11-28(20-25(34-37-4)24-19-23(30)9-10-26(24)38-28)12-15-33-27(36)29(31)13-17-35(18-14-29)16-7-8-22(6-2)21-32-3/h7-10,19,22,32H,5-6,11-18,20-21H2,1-4H3,(H,33,36). The molecule has 2 atom stereocenters. The number of ether oxygens (including phenoxy) is 1. The predicted octanol–water partition coefficient (Wildman–Crippen LogP) is 4.61. The van der Waals surface area contributed by atoms with Crippen molar-refractivity contribution in [1.29, 1.82) is 0 Å². The number of piperidine rings is 1. The first-order valence-corrected chi connectivity index (χ1v) is 13.9. The molecular weight excluding hydrogens is 490 g/mol. The van der Waals surface area contributed by atoms with Gasteiger partial charge in [-0.05, 0) is 44.0 Å². The SMILES string of the molecule is CCCC1(CCNC(=O)C2(F)CCN(CC=CC(CC)CNC)CC2)CC(=NOC)c2cc(F)ccc2O1. The van der Waals surface area contributed by atoms with Crippen LogP contribution in [0.3, 0.4) is 0 Å². The van der Waals surface area contributed by atoms with Crippen LogP contribution in [-0.4, -0.2) is 74.7 Å². The minimum Gasteiger partial charge on any atom is -0.486 e. The number of fused-ring (bicyclic) bond motifs is 1. The minimum atomic E-state index is -1.86. The van der Waals surface area contributed by atoms with E-state index in [0.717, 1.165) is 25.9 Å². The summed E-state index contributed by atoms with van der Waals surface area (Å²) in [5.74, 6) is 0.100. The lowest BCUT2D eigenvalue weighted by molar-refractivity contribution is -0.136. The molecule has 2 N–H and O–H groups in total. The van der Waals surface area contributed by atoms with Crippen LogP contribution in [0.4, 0.5) is 8.78 Å². The van der Waals surface area contributed by atoms with Gasteiger partial charge >= 0.3 is 0 Å². The summed E-state index contributed by atoms with van der Waals surface area (Å²) in [6, 6.07) is 4.34. The third-order valence-electron chi connectivity index (χ3n) is 7.66. The molecule has 212 valence electrons. The Balaban J connectivity index is 1.55. The zero-order chi connectivity index (χ0) is 27.6. The van der Waals surface area contributed by atoms with Gasteiger partial charge in [0.05, 0.1) is 5.71 Å². The summed E-state index contributed by atoms with van der Waals surface area (Å²) in [4.78, 5) is 20.1. The van der Waals surface area contributed by atoms with Crippen molar-refractivity contribution in [1.82, 2.24) is 15.5 Å². The quantitative estimate of drug-likeness (QED) is 0.286. The topological polar surface area (TPSA) is 75.2 Å². The number of carbonyl (C=O) groups is 1. The summed E-state index contributed by atoms with van der Waals surface area (Å²) in [6.45, 7) is 7.30. The lowest BCUT2D eigenvalue weighted by Crippen LogP contribution is -2.52. The average molecular weight is 535 g/mol. The van der Waals surface area contributed by atoms with E-state index in [1.807, 2.05) is 7.05 Å². The molecular formula is C29H44F2N4O3. The molecule has 0 bridgehead atoms. The van der Waals surface area contributed by atoms with E-state index in [4.69, 9.17) is 9.57 Å².